The third-order valence-corrected chi connectivity index (χ3v) is 5.36. The Bertz CT molecular complexity index is 821. The lowest BCUT2D eigenvalue weighted by Gasteiger charge is -2.18. The molecule has 0 saturated carbocycles. The lowest BCUT2D eigenvalue weighted by atomic mass is 10.2. The Kier molecular flexibility index (Phi) is 8.70. The Balaban J connectivity index is 0.000000264. The maximum absolute atomic E-state index is 12.0. The van der Waals surface area contributed by atoms with E-state index in [-0.39, 0.29) is 24.9 Å². The molecule has 3 aliphatic rings. The highest BCUT2D eigenvalue weighted by Crippen LogP contribution is 2.23. The fourth-order valence-electron chi connectivity index (χ4n) is 3.64. The van der Waals surface area contributed by atoms with E-state index in [2.05, 4.69) is 21.7 Å². The number of aliphatic carboxylic acids is 1. The number of nitrogens with zero attached hydrogens (tertiary/aromatic N) is 3. The number of ether oxygens (including phenoxy) is 1. The minimum Gasteiger partial charge on any atom is -0.493 e. The fraction of sp³-hybridized carbons (Fsp3) is 0.545. The molecule has 10 heteroatoms. The molecular weight excluding hydrogens is 414 g/mol. The monoisotopic (exact) mass is 445 g/mol. The van der Waals surface area contributed by atoms with Crippen LogP contribution in [0.5, 0.6) is 5.75 Å². The van der Waals surface area contributed by atoms with Gasteiger partial charge in [-0.2, -0.15) is 0 Å². The van der Waals surface area contributed by atoms with Crippen LogP contribution < -0.4 is 15.4 Å². The number of rotatable bonds is 7. The molecule has 0 bridgehead atoms. The Morgan fingerprint density at radius 2 is 1.94 bits per heavy atom. The summed E-state index contributed by atoms with van der Waals surface area (Å²) in [7, 11) is 0. The van der Waals surface area contributed by atoms with E-state index < -0.39 is 5.97 Å². The zero-order valence-electron chi connectivity index (χ0n) is 18.2. The van der Waals surface area contributed by atoms with Gasteiger partial charge >= 0.3 is 12.0 Å². The third-order valence-electron chi connectivity index (χ3n) is 5.36. The molecule has 1 aromatic carbocycles. The van der Waals surface area contributed by atoms with E-state index in [1.54, 1.807) is 4.90 Å². The second-order valence-electron chi connectivity index (χ2n) is 7.77. The molecule has 0 spiro atoms. The minimum absolute atomic E-state index is 0.0445. The molecule has 0 radical (unpaired) electrons. The molecule has 4 rings (SSSR count). The highest BCUT2D eigenvalue weighted by molar-refractivity contribution is 5.97. The quantitative estimate of drug-likeness (QED) is 0.577. The summed E-state index contributed by atoms with van der Waals surface area (Å²) in [5.74, 6) is 0.565. The third kappa shape index (κ3) is 7.14. The van der Waals surface area contributed by atoms with Crippen LogP contribution in [-0.2, 0) is 16.0 Å². The number of para-hydroxylation sites is 1. The number of carbonyl (C=O) groups excluding carboxylic acids is 2. The summed E-state index contributed by atoms with van der Waals surface area (Å²) in [6.07, 6.45) is 2.89. The highest BCUT2D eigenvalue weighted by atomic mass is 16.5. The lowest BCUT2D eigenvalue weighted by Crippen LogP contribution is -2.43. The number of hydrogen-bond donors (Lipinski definition) is 3. The number of urea groups is 1. The highest BCUT2D eigenvalue weighted by Gasteiger charge is 2.28. The molecule has 0 aliphatic carbocycles. The first-order valence-electron chi connectivity index (χ1n) is 11.1. The van der Waals surface area contributed by atoms with Gasteiger partial charge in [0.2, 0.25) is 5.91 Å². The van der Waals surface area contributed by atoms with Gasteiger partial charge in [0.15, 0.2) is 5.96 Å². The number of amides is 3. The number of carbonyl (C=O) groups is 3. The van der Waals surface area contributed by atoms with Crippen molar-refractivity contribution < 1.29 is 24.2 Å². The van der Waals surface area contributed by atoms with Crippen LogP contribution in [0.25, 0.3) is 0 Å². The summed E-state index contributed by atoms with van der Waals surface area (Å²) in [6, 6.07) is 8.03. The zero-order chi connectivity index (χ0) is 22.8. The molecule has 3 amide bonds. The summed E-state index contributed by atoms with van der Waals surface area (Å²) in [4.78, 5) is 41.7. The van der Waals surface area contributed by atoms with Gasteiger partial charge in [-0.3, -0.25) is 19.9 Å². The van der Waals surface area contributed by atoms with E-state index in [4.69, 9.17) is 9.84 Å². The number of guanidine groups is 1. The second-order valence-corrected chi connectivity index (χ2v) is 7.77. The number of benzene rings is 1. The molecule has 3 heterocycles. The molecule has 174 valence electrons. The first kappa shape index (κ1) is 23.4. The van der Waals surface area contributed by atoms with Crippen molar-refractivity contribution in [2.45, 2.75) is 32.1 Å². The van der Waals surface area contributed by atoms with Crippen LogP contribution in [0.3, 0.4) is 0 Å². The standard InChI is InChI=1S/C14H23N5O4.C8H8O/c20-11(17-13-15-5-2-6-16-13)3-1-7-18-9-10-19(14(18)23)8-4-12(21)22;1-2-4-8-7(3-1)5-6-9-8/h1-10H2,(H,21,22)(H2,15,16,17,20);1-4H,5-6H2. The van der Waals surface area contributed by atoms with Crippen LogP contribution in [0, 0.1) is 0 Å². The summed E-state index contributed by atoms with van der Waals surface area (Å²) in [5, 5.41) is 14.4. The van der Waals surface area contributed by atoms with Gasteiger partial charge in [0.25, 0.3) is 0 Å². The molecule has 1 aromatic rings. The van der Waals surface area contributed by atoms with Gasteiger partial charge in [-0.15, -0.1) is 0 Å². The van der Waals surface area contributed by atoms with Crippen LogP contribution in [0.4, 0.5) is 4.79 Å². The number of fused-ring (bicyclic) bond motifs is 1. The number of aliphatic imine (C=N–C) groups is 1. The topological polar surface area (TPSA) is 124 Å². The smallest absolute Gasteiger partial charge is 0.320 e. The largest absolute Gasteiger partial charge is 0.493 e. The lowest BCUT2D eigenvalue weighted by molar-refractivity contribution is -0.137. The van der Waals surface area contributed by atoms with E-state index in [0.29, 0.717) is 38.4 Å². The number of hydrogen-bond acceptors (Lipinski definition) is 6. The van der Waals surface area contributed by atoms with Crippen molar-refractivity contribution in [3.05, 3.63) is 29.8 Å². The van der Waals surface area contributed by atoms with Crippen LogP contribution >= 0.6 is 0 Å². The molecule has 32 heavy (non-hydrogen) atoms. The van der Waals surface area contributed by atoms with Crippen LogP contribution in [0.15, 0.2) is 29.3 Å². The SMILES string of the molecule is O=C(O)CCN1CCN(CCCC(=O)NC2=NCCCN2)C1=O.c1ccc2c(c1)CCO2. The summed E-state index contributed by atoms with van der Waals surface area (Å²) >= 11 is 0. The van der Waals surface area contributed by atoms with Gasteiger partial charge in [0, 0.05) is 52.1 Å². The summed E-state index contributed by atoms with van der Waals surface area (Å²) < 4.78 is 5.30. The van der Waals surface area contributed by atoms with E-state index in [1.165, 1.54) is 10.5 Å². The van der Waals surface area contributed by atoms with Gasteiger partial charge in [0.1, 0.15) is 5.75 Å². The van der Waals surface area contributed by atoms with Crippen LogP contribution in [0.1, 0.15) is 31.2 Å². The molecule has 10 nitrogen and oxygen atoms in total. The molecular formula is C22H31N5O5. The first-order valence-corrected chi connectivity index (χ1v) is 11.1. The van der Waals surface area contributed by atoms with Gasteiger partial charge in [0.05, 0.1) is 13.0 Å². The summed E-state index contributed by atoms with van der Waals surface area (Å²) in [5.41, 5.74) is 1.34. The average Bonchev–Trinajstić information content (AvgIpc) is 3.40. The maximum atomic E-state index is 12.0. The van der Waals surface area contributed by atoms with E-state index in [9.17, 15) is 14.4 Å². The Hall–Kier alpha value is -3.30. The first-order chi connectivity index (χ1) is 15.5. The van der Waals surface area contributed by atoms with E-state index >= 15 is 0 Å². The second kappa shape index (κ2) is 11.9. The summed E-state index contributed by atoms with van der Waals surface area (Å²) in [6.45, 7) is 4.24. The van der Waals surface area contributed by atoms with Crippen molar-refractivity contribution in [3.63, 3.8) is 0 Å². The predicted octanol–water partition coefficient (Wildman–Crippen LogP) is 1.07. The molecule has 0 atom stereocenters. The molecule has 3 aliphatic heterocycles. The normalized spacial score (nSPS) is 16.9. The number of nitrogens with one attached hydrogen (secondary N) is 2. The molecule has 1 fully saturated rings. The predicted molar refractivity (Wildman–Crippen MR) is 119 cm³/mol. The Morgan fingerprint density at radius 3 is 2.66 bits per heavy atom. The van der Waals surface area contributed by atoms with Gasteiger partial charge in [-0.25, -0.2) is 4.79 Å². The number of carboxylic acid groups (broad SMARTS) is 1. The zero-order valence-corrected chi connectivity index (χ0v) is 18.2. The molecule has 3 N–H and O–H groups in total. The van der Waals surface area contributed by atoms with E-state index in [0.717, 1.165) is 38.3 Å². The molecule has 1 saturated heterocycles. The number of carboxylic acids is 1. The Labute approximate surface area is 187 Å². The molecule has 0 aromatic heterocycles. The van der Waals surface area contributed by atoms with Crippen LogP contribution in [0.2, 0.25) is 0 Å². The van der Waals surface area contributed by atoms with Crippen molar-refractivity contribution in [3.8, 4) is 5.75 Å². The van der Waals surface area contributed by atoms with E-state index in [1.807, 2.05) is 18.2 Å². The minimum atomic E-state index is -0.910. The molecule has 0 unspecified atom stereocenters. The van der Waals surface area contributed by atoms with Crippen molar-refractivity contribution in [2.75, 3.05) is 45.9 Å². The fourth-order valence-corrected chi connectivity index (χ4v) is 3.64. The van der Waals surface area contributed by atoms with Gasteiger partial charge in [-0.05, 0) is 24.5 Å². The van der Waals surface area contributed by atoms with Crippen molar-refractivity contribution in [2.24, 2.45) is 4.99 Å². The van der Waals surface area contributed by atoms with Gasteiger partial charge < -0.3 is 25.0 Å². The maximum Gasteiger partial charge on any atom is 0.320 e. The van der Waals surface area contributed by atoms with Crippen molar-refractivity contribution >= 4 is 23.9 Å². The Morgan fingerprint density at radius 1 is 1.16 bits per heavy atom. The average molecular weight is 446 g/mol. The van der Waals surface area contributed by atoms with Crippen molar-refractivity contribution in [1.29, 1.82) is 0 Å². The van der Waals surface area contributed by atoms with Gasteiger partial charge in [-0.1, -0.05) is 18.2 Å². The van der Waals surface area contributed by atoms with Crippen LogP contribution in [-0.4, -0.2) is 84.6 Å². The van der Waals surface area contributed by atoms with Crippen molar-refractivity contribution in [1.82, 2.24) is 20.4 Å².